The molecule has 1 atom stereocenters. The van der Waals surface area contributed by atoms with Gasteiger partial charge in [0.1, 0.15) is 6.61 Å². The number of ether oxygens (including phenoxy) is 2. The lowest BCUT2D eigenvalue weighted by Gasteiger charge is -2.22. The molecular weight excluding hydrogens is 258 g/mol. The molecule has 0 saturated heterocycles. The van der Waals surface area contributed by atoms with Gasteiger partial charge in [-0.3, -0.25) is 4.79 Å². The van der Waals surface area contributed by atoms with E-state index in [0.29, 0.717) is 17.9 Å². The van der Waals surface area contributed by atoms with Crippen LogP contribution in [-0.4, -0.2) is 30.8 Å². The third-order valence-electron chi connectivity index (χ3n) is 2.98. The summed E-state index contributed by atoms with van der Waals surface area (Å²) in [6.45, 7) is 5.21. The molecule has 0 spiro atoms. The number of para-hydroxylation sites is 1. The van der Waals surface area contributed by atoms with E-state index in [-0.39, 0.29) is 12.6 Å². The van der Waals surface area contributed by atoms with Crippen LogP contribution >= 0.6 is 0 Å². The van der Waals surface area contributed by atoms with Gasteiger partial charge in [0.2, 0.25) is 0 Å². The van der Waals surface area contributed by atoms with Crippen LogP contribution in [0.5, 0.6) is 11.5 Å². The van der Waals surface area contributed by atoms with Gasteiger partial charge in [-0.2, -0.15) is 0 Å². The van der Waals surface area contributed by atoms with E-state index in [2.05, 4.69) is 0 Å². The van der Waals surface area contributed by atoms with Crippen molar-refractivity contribution in [3.05, 3.63) is 23.8 Å². The highest BCUT2D eigenvalue weighted by Gasteiger charge is 2.29. The highest BCUT2D eigenvalue weighted by atomic mass is 16.5. The molecule has 0 bridgehead atoms. The molecule has 3 N–H and O–H groups in total. The lowest BCUT2D eigenvalue weighted by Crippen LogP contribution is -2.31. The van der Waals surface area contributed by atoms with E-state index in [1.54, 1.807) is 27.0 Å². The Bertz CT molecular complexity index is 469. The molecule has 0 aromatic heterocycles. The van der Waals surface area contributed by atoms with Crippen molar-refractivity contribution in [2.24, 2.45) is 11.1 Å². The molecule has 5 heteroatoms. The van der Waals surface area contributed by atoms with Gasteiger partial charge in [-0.25, -0.2) is 0 Å². The number of methoxy groups -OCH3 is 1. The Kier molecular flexibility index (Phi) is 5.39. The number of hydrogen-bond donors (Lipinski definition) is 2. The minimum Gasteiger partial charge on any atom is -0.493 e. The van der Waals surface area contributed by atoms with E-state index >= 15 is 0 Å². The Morgan fingerprint density at radius 2 is 2.10 bits per heavy atom. The normalized spacial score (nSPS) is 12.8. The summed E-state index contributed by atoms with van der Waals surface area (Å²) in [5, 5.41) is 9.13. The maximum atomic E-state index is 11.1. The average Bonchev–Trinajstić information content (AvgIpc) is 2.36. The van der Waals surface area contributed by atoms with Gasteiger partial charge in [0.25, 0.3) is 0 Å². The average molecular weight is 281 g/mol. The highest BCUT2D eigenvalue weighted by molar-refractivity contribution is 5.73. The van der Waals surface area contributed by atoms with Gasteiger partial charge in [-0.1, -0.05) is 12.1 Å². The van der Waals surface area contributed by atoms with E-state index in [1.807, 2.05) is 19.1 Å². The lowest BCUT2D eigenvalue weighted by atomic mass is 9.95. The highest BCUT2D eigenvalue weighted by Crippen LogP contribution is 2.33. The van der Waals surface area contributed by atoms with Crippen LogP contribution in [0.4, 0.5) is 0 Å². The number of benzene rings is 1. The van der Waals surface area contributed by atoms with E-state index < -0.39 is 11.4 Å². The molecule has 1 aromatic rings. The topological polar surface area (TPSA) is 81.8 Å². The van der Waals surface area contributed by atoms with Crippen molar-refractivity contribution in [2.75, 3.05) is 13.7 Å². The molecule has 1 aromatic carbocycles. The predicted octanol–water partition coefficient (Wildman–Crippen LogP) is 2.07. The summed E-state index contributed by atoms with van der Waals surface area (Å²) in [5.41, 5.74) is 5.78. The first-order valence-corrected chi connectivity index (χ1v) is 6.55. The van der Waals surface area contributed by atoms with Crippen LogP contribution in [-0.2, 0) is 11.2 Å². The fraction of sp³-hybridized carbons (Fsp3) is 0.533. The first-order chi connectivity index (χ1) is 9.27. The monoisotopic (exact) mass is 281 g/mol. The number of rotatable bonds is 7. The molecule has 0 aliphatic heterocycles. The van der Waals surface area contributed by atoms with Crippen LogP contribution in [0, 0.1) is 5.41 Å². The molecule has 1 unspecified atom stereocenters. The summed E-state index contributed by atoms with van der Waals surface area (Å²) < 4.78 is 11.0. The van der Waals surface area contributed by atoms with E-state index in [4.69, 9.17) is 20.3 Å². The van der Waals surface area contributed by atoms with Crippen LogP contribution in [0.25, 0.3) is 0 Å². The standard InChI is InChI=1S/C15H23NO4/c1-10(16)8-11-6-5-7-12(19-4)13(11)20-9-15(2,3)14(17)18/h5-7,10H,8-9,16H2,1-4H3,(H,17,18). The molecule has 0 saturated carbocycles. The van der Waals surface area contributed by atoms with Crippen molar-refractivity contribution in [3.63, 3.8) is 0 Å². The van der Waals surface area contributed by atoms with Crippen molar-refractivity contribution in [1.82, 2.24) is 0 Å². The molecule has 0 fully saturated rings. The second-order valence-electron chi connectivity index (χ2n) is 5.61. The number of nitrogens with two attached hydrogens (primary N) is 1. The summed E-state index contributed by atoms with van der Waals surface area (Å²) in [6.07, 6.45) is 0.639. The van der Waals surface area contributed by atoms with Crippen LogP contribution in [0.15, 0.2) is 18.2 Å². The van der Waals surface area contributed by atoms with Crippen molar-refractivity contribution in [1.29, 1.82) is 0 Å². The maximum absolute atomic E-state index is 11.1. The Labute approximate surface area is 119 Å². The van der Waals surface area contributed by atoms with Gasteiger partial charge in [-0.15, -0.1) is 0 Å². The molecule has 0 aliphatic rings. The van der Waals surface area contributed by atoms with Crippen LogP contribution in [0.2, 0.25) is 0 Å². The summed E-state index contributed by atoms with van der Waals surface area (Å²) in [6, 6.07) is 5.55. The summed E-state index contributed by atoms with van der Waals surface area (Å²) in [4.78, 5) is 11.1. The van der Waals surface area contributed by atoms with Gasteiger partial charge in [0.05, 0.1) is 12.5 Å². The number of carbonyl (C=O) groups is 1. The predicted molar refractivity (Wildman–Crippen MR) is 77.3 cm³/mol. The fourth-order valence-electron chi connectivity index (χ4n) is 1.71. The second-order valence-corrected chi connectivity index (χ2v) is 5.61. The minimum atomic E-state index is -0.966. The third kappa shape index (κ3) is 4.13. The quantitative estimate of drug-likeness (QED) is 0.799. The Morgan fingerprint density at radius 1 is 1.45 bits per heavy atom. The first-order valence-electron chi connectivity index (χ1n) is 6.55. The second kappa shape index (κ2) is 6.61. The lowest BCUT2D eigenvalue weighted by molar-refractivity contribution is -0.148. The van der Waals surface area contributed by atoms with Gasteiger partial charge in [0, 0.05) is 6.04 Å². The van der Waals surface area contributed by atoms with Crippen LogP contribution < -0.4 is 15.2 Å². The Morgan fingerprint density at radius 3 is 2.60 bits per heavy atom. The molecular formula is C15H23NO4. The number of carboxylic acid groups (broad SMARTS) is 1. The molecule has 20 heavy (non-hydrogen) atoms. The third-order valence-corrected chi connectivity index (χ3v) is 2.98. The van der Waals surface area contributed by atoms with Crippen LogP contribution in [0.3, 0.4) is 0 Å². The van der Waals surface area contributed by atoms with Gasteiger partial charge < -0.3 is 20.3 Å². The Balaban J connectivity index is 2.99. The number of aliphatic carboxylic acids is 1. The molecule has 1 rings (SSSR count). The van der Waals surface area contributed by atoms with Crippen molar-refractivity contribution < 1.29 is 19.4 Å². The first kappa shape index (κ1) is 16.3. The number of hydrogen-bond acceptors (Lipinski definition) is 4. The molecule has 112 valence electrons. The number of carboxylic acids is 1. The van der Waals surface area contributed by atoms with Crippen LogP contribution in [0.1, 0.15) is 26.3 Å². The van der Waals surface area contributed by atoms with Gasteiger partial charge >= 0.3 is 5.97 Å². The molecule has 0 aliphatic carbocycles. The van der Waals surface area contributed by atoms with Gasteiger partial charge in [-0.05, 0) is 38.8 Å². The van der Waals surface area contributed by atoms with E-state index in [9.17, 15) is 4.79 Å². The zero-order valence-corrected chi connectivity index (χ0v) is 12.5. The molecule has 0 radical (unpaired) electrons. The zero-order chi connectivity index (χ0) is 15.3. The zero-order valence-electron chi connectivity index (χ0n) is 12.5. The minimum absolute atomic E-state index is 0.0167. The van der Waals surface area contributed by atoms with Gasteiger partial charge in [0.15, 0.2) is 11.5 Å². The Hall–Kier alpha value is -1.75. The fourth-order valence-corrected chi connectivity index (χ4v) is 1.71. The molecule has 0 heterocycles. The van der Waals surface area contributed by atoms with Crippen molar-refractivity contribution in [2.45, 2.75) is 33.2 Å². The SMILES string of the molecule is COc1cccc(CC(C)N)c1OCC(C)(C)C(=O)O. The van der Waals surface area contributed by atoms with Crippen molar-refractivity contribution in [3.8, 4) is 11.5 Å². The maximum Gasteiger partial charge on any atom is 0.312 e. The van der Waals surface area contributed by atoms with E-state index in [1.165, 1.54) is 0 Å². The van der Waals surface area contributed by atoms with E-state index in [0.717, 1.165) is 5.56 Å². The largest absolute Gasteiger partial charge is 0.493 e. The molecule has 0 amide bonds. The summed E-state index contributed by atoms with van der Waals surface area (Å²) in [7, 11) is 1.56. The summed E-state index contributed by atoms with van der Waals surface area (Å²) >= 11 is 0. The van der Waals surface area contributed by atoms with Crippen molar-refractivity contribution >= 4 is 5.97 Å². The smallest absolute Gasteiger partial charge is 0.312 e. The summed E-state index contributed by atoms with van der Waals surface area (Å²) in [5.74, 6) is 0.257. The molecule has 5 nitrogen and oxygen atoms in total.